The molecule has 1 N–H and O–H groups in total. The van der Waals surface area contributed by atoms with Gasteiger partial charge in [-0.05, 0) is 36.8 Å². The first-order valence-electron chi connectivity index (χ1n) is 6.36. The maximum absolute atomic E-state index is 13.5. The zero-order valence-electron chi connectivity index (χ0n) is 11.4. The van der Waals surface area contributed by atoms with Crippen molar-refractivity contribution in [2.45, 2.75) is 6.92 Å². The smallest absolute Gasteiger partial charge is 0.275 e. The lowest BCUT2D eigenvalue weighted by molar-refractivity contribution is 0.102. The minimum absolute atomic E-state index is 0.0368. The number of halogens is 3. The standard InChI is InChI=1S/C15H10F3N3O/c1-8-4-5-21-7-11(19-12(21)6-8)15(22)20-10-3-2-9(16)13(17)14(10)18/h2-7H,1H3,(H,20,22). The number of rotatable bonds is 2. The highest BCUT2D eigenvalue weighted by Crippen LogP contribution is 2.20. The van der Waals surface area contributed by atoms with E-state index in [1.165, 1.54) is 6.20 Å². The van der Waals surface area contributed by atoms with Crippen molar-refractivity contribution in [2.75, 3.05) is 5.32 Å². The number of benzene rings is 1. The molecule has 1 amide bonds. The molecule has 3 rings (SSSR count). The Morgan fingerprint density at radius 3 is 2.73 bits per heavy atom. The van der Waals surface area contributed by atoms with Gasteiger partial charge in [-0.1, -0.05) is 0 Å². The van der Waals surface area contributed by atoms with Gasteiger partial charge in [-0.15, -0.1) is 0 Å². The monoisotopic (exact) mass is 305 g/mol. The van der Waals surface area contributed by atoms with E-state index in [4.69, 9.17) is 0 Å². The number of aromatic nitrogens is 2. The van der Waals surface area contributed by atoms with E-state index in [1.54, 1.807) is 16.7 Å². The van der Waals surface area contributed by atoms with E-state index in [0.29, 0.717) is 5.65 Å². The molecule has 2 aromatic heterocycles. The van der Waals surface area contributed by atoms with E-state index in [2.05, 4.69) is 10.3 Å². The second-order valence-electron chi connectivity index (χ2n) is 4.77. The number of nitrogens with zero attached hydrogens (tertiary/aromatic N) is 2. The predicted octanol–water partition coefficient (Wildman–Crippen LogP) is 3.31. The summed E-state index contributed by atoms with van der Waals surface area (Å²) < 4.78 is 41.2. The number of fused-ring (bicyclic) bond motifs is 1. The Morgan fingerprint density at radius 2 is 1.95 bits per heavy atom. The van der Waals surface area contributed by atoms with Crippen molar-refractivity contribution < 1.29 is 18.0 Å². The number of anilines is 1. The van der Waals surface area contributed by atoms with Crippen molar-refractivity contribution in [1.82, 2.24) is 9.38 Å². The third-order valence-corrected chi connectivity index (χ3v) is 3.13. The molecule has 2 heterocycles. The normalized spacial score (nSPS) is 10.9. The third-order valence-electron chi connectivity index (χ3n) is 3.13. The van der Waals surface area contributed by atoms with Gasteiger partial charge in [0, 0.05) is 12.4 Å². The molecular weight excluding hydrogens is 295 g/mol. The molecular formula is C15H10F3N3O. The Hall–Kier alpha value is -2.83. The summed E-state index contributed by atoms with van der Waals surface area (Å²) >= 11 is 0. The summed E-state index contributed by atoms with van der Waals surface area (Å²) in [7, 11) is 0. The Balaban J connectivity index is 1.92. The van der Waals surface area contributed by atoms with Gasteiger partial charge in [0.25, 0.3) is 5.91 Å². The number of imidazole rings is 1. The Morgan fingerprint density at radius 1 is 1.18 bits per heavy atom. The predicted molar refractivity (Wildman–Crippen MR) is 74.2 cm³/mol. The first-order valence-corrected chi connectivity index (χ1v) is 6.36. The average Bonchev–Trinajstić information content (AvgIpc) is 2.91. The summed E-state index contributed by atoms with van der Waals surface area (Å²) in [6.07, 6.45) is 3.19. The van der Waals surface area contributed by atoms with E-state index >= 15 is 0 Å². The van der Waals surface area contributed by atoms with Crippen molar-refractivity contribution in [3.63, 3.8) is 0 Å². The molecule has 0 aliphatic rings. The number of aryl methyl sites for hydroxylation is 1. The molecule has 0 radical (unpaired) electrons. The topological polar surface area (TPSA) is 46.4 Å². The molecule has 0 unspecified atom stereocenters. The summed E-state index contributed by atoms with van der Waals surface area (Å²) in [5, 5.41) is 2.17. The SMILES string of the molecule is Cc1ccn2cc(C(=O)Nc3ccc(F)c(F)c3F)nc2c1. The molecule has 0 fully saturated rings. The second-order valence-corrected chi connectivity index (χ2v) is 4.77. The fourth-order valence-corrected chi connectivity index (χ4v) is 2.00. The Bertz CT molecular complexity index is 889. The second kappa shape index (κ2) is 5.18. The van der Waals surface area contributed by atoms with Crippen LogP contribution in [0.3, 0.4) is 0 Å². The van der Waals surface area contributed by atoms with E-state index in [0.717, 1.165) is 17.7 Å². The molecule has 4 nitrogen and oxygen atoms in total. The van der Waals surface area contributed by atoms with Crippen LogP contribution < -0.4 is 5.32 Å². The Labute approximate surface area is 123 Å². The fraction of sp³-hybridized carbons (Fsp3) is 0.0667. The van der Waals surface area contributed by atoms with E-state index in [-0.39, 0.29) is 5.69 Å². The molecule has 112 valence electrons. The van der Waals surface area contributed by atoms with Gasteiger partial charge in [-0.25, -0.2) is 18.2 Å². The van der Waals surface area contributed by atoms with Gasteiger partial charge >= 0.3 is 0 Å². The van der Waals surface area contributed by atoms with Crippen molar-refractivity contribution in [3.05, 3.63) is 65.4 Å². The molecule has 0 aliphatic heterocycles. The van der Waals surface area contributed by atoms with Crippen molar-refractivity contribution >= 4 is 17.2 Å². The molecule has 0 saturated heterocycles. The maximum Gasteiger partial charge on any atom is 0.275 e. The highest BCUT2D eigenvalue weighted by atomic mass is 19.2. The van der Waals surface area contributed by atoms with Crippen LogP contribution in [0.5, 0.6) is 0 Å². The molecule has 0 aliphatic carbocycles. The zero-order valence-corrected chi connectivity index (χ0v) is 11.4. The Kier molecular flexibility index (Phi) is 3.32. The molecule has 0 spiro atoms. The molecule has 7 heteroatoms. The first kappa shape index (κ1) is 14.1. The third kappa shape index (κ3) is 2.41. The number of hydrogen-bond acceptors (Lipinski definition) is 2. The number of carbonyl (C=O) groups excluding carboxylic acids is 1. The van der Waals surface area contributed by atoms with Crippen LogP contribution in [0.4, 0.5) is 18.9 Å². The highest BCUT2D eigenvalue weighted by Gasteiger charge is 2.17. The summed E-state index contributed by atoms with van der Waals surface area (Å²) in [4.78, 5) is 16.1. The van der Waals surface area contributed by atoms with Crippen molar-refractivity contribution in [1.29, 1.82) is 0 Å². The van der Waals surface area contributed by atoms with E-state index in [1.807, 2.05) is 13.0 Å². The molecule has 0 atom stereocenters. The highest BCUT2D eigenvalue weighted by molar-refractivity contribution is 6.03. The number of hydrogen-bond donors (Lipinski definition) is 1. The maximum atomic E-state index is 13.5. The summed E-state index contributed by atoms with van der Waals surface area (Å²) in [6, 6.07) is 5.30. The van der Waals surface area contributed by atoms with Crippen molar-refractivity contribution in [3.8, 4) is 0 Å². The summed E-state index contributed by atoms with van der Waals surface area (Å²) in [6.45, 7) is 1.88. The number of nitrogens with one attached hydrogen (secondary N) is 1. The van der Waals surface area contributed by atoms with Crippen LogP contribution in [0.2, 0.25) is 0 Å². The van der Waals surface area contributed by atoms with E-state index in [9.17, 15) is 18.0 Å². The van der Waals surface area contributed by atoms with Crippen LogP contribution in [0.1, 0.15) is 16.1 Å². The molecule has 0 bridgehead atoms. The van der Waals surface area contributed by atoms with Gasteiger partial charge in [0.1, 0.15) is 11.3 Å². The first-order chi connectivity index (χ1) is 10.5. The average molecular weight is 305 g/mol. The van der Waals surface area contributed by atoms with Gasteiger partial charge < -0.3 is 9.72 Å². The van der Waals surface area contributed by atoms with Crippen LogP contribution >= 0.6 is 0 Å². The lowest BCUT2D eigenvalue weighted by Crippen LogP contribution is -2.14. The van der Waals surface area contributed by atoms with Gasteiger partial charge in [-0.3, -0.25) is 4.79 Å². The molecule has 0 saturated carbocycles. The lowest BCUT2D eigenvalue weighted by Gasteiger charge is -2.05. The van der Waals surface area contributed by atoms with E-state index < -0.39 is 29.0 Å². The largest absolute Gasteiger partial charge is 0.318 e. The summed E-state index contributed by atoms with van der Waals surface area (Å²) in [5.41, 5.74) is 1.11. The number of amides is 1. The molecule has 1 aromatic carbocycles. The van der Waals surface area contributed by atoms with Crippen LogP contribution in [-0.4, -0.2) is 15.3 Å². The van der Waals surface area contributed by atoms with Crippen molar-refractivity contribution in [2.24, 2.45) is 0 Å². The number of pyridine rings is 1. The fourth-order valence-electron chi connectivity index (χ4n) is 2.00. The van der Waals surface area contributed by atoms with Gasteiger partial charge in [0.15, 0.2) is 17.5 Å². The quantitative estimate of drug-likeness (QED) is 0.738. The number of carbonyl (C=O) groups is 1. The van der Waals surface area contributed by atoms with Crippen LogP contribution in [0.15, 0.2) is 36.7 Å². The molecule has 3 aromatic rings. The minimum Gasteiger partial charge on any atom is -0.318 e. The molecule has 22 heavy (non-hydrogen) atoms. The van der Waals surface area contributed by atoms with Crippen LogP contribution in [0, 0.1) is 24.4 Å². The van der Waals surface area contributed by atoms with Crippen LogP contribution in [-0.2, 0) is 0 Å². The van der Waals surface area contributed by atoms with Gasteiger partial charge in [0.2, 0.25) is 0 Å². The van der Waals surface area contributed by atoms with Gasteiger partial charge in [-0.2, -0.15) is 0 Å². The zero-order chi connectivity index (χ0) is 15.9. The van der Waals surface area contributed by atoms with Gasteiger partial charge in [0.05, 0.1) is 5.69 Å². The lowest BCUT2D eigenvalue weighted by atomic mass is 10.2. The van der Waals surface area contributed by atoms with Crippen LogP contribution in [0.25, 0.3) is 5.65 Å². The minimum atomic E-state index is -1.64. The summed E-state index contributed by atoms with van der Waals surface area (Å²) in [5.74, 6) is -5.12.